The van der Waals surface area contributed by atoms with Crippen molar-refractivity contribution in [1.82, 2.24) is 9.80 Å². The van der Waals surface area contributed by atoms with E-state index in [0.717, 1.165) is 11.0 Å². The van der Waals surface area contributed by atoms with Crippen molar-refractivity contribution in [2.24, 2.45) is 0 Å². The highest BCUT2D eigenvalue weighted by Gasteiger charge is 2.49. The van der Waals surface area contributed by atoms with Gasteiger partial charge in [0, 0.05) is 26.1 Å². The molecular formula is C13H10ClN3O5. The molecule has 2 aliphatic heterocycles. The number of amides is 3. The van der Waals surface area contributed by atoms with Crippen LogP contribution < -0.4 is 0 Å². The molecule has 114 valence electrons. The van der Waals surface area contributed by atoms with Gasteiger partial charge < -0.3 is 4.90 Å². The molecule has 3 amide bonds. The average Bonchev–Trinajstić information content (AvgIpc) is 2.63. The Kier molecular flexibility index (Phi) is 3.13. The molecule has 22 heavy (non-hydrogen) atoms. The van der Waals surface area contributed by atoms with Gasteiger partial charge in [-0.3, -0.25) is 29.4 Å². The van der Waals surface area contributed by atoms with Crippen molar-refractivity contribution < 1.29 is 19.3 Å². The van der Waals surface area contributed by atoms with Crippen LogP contribution in [0.5, 0.6) is 0 Å². The molecule has 2 aliphatic rings. The third-order valence-corrected chi connectivity index (χ3v) is 4.18. The van der Waals surface area contributed by atoms with Gasteiger partial charge in [-0.1, -0.05) is 11.6 Å². The maximum atomic E-state index is 12.4. The van der Waals surface area contributed by atoms with Crippen molar-refractivity contribution in [3.63, 3.8) is 0 Å². The van der Waals surface area contributed by atoms with Crippen LogP contribution in [0.4, 0.5) is 5.69 Å². The smallest absolute Gasteiger partial charge is 0.283 e. The van der Waals surface area contributed by atoms with E-state index in [0.29, 0.717) is 0 Å². The fraction of sp³-hybridized carbons (Fsp3) is 0.308. The Labute approximate surface area is 129 Å². The summed E-state index contributed by atoms with van der Waals surface area (Å²) in [5.41, 5.74) is -0.853. The highest BCUT2D eigenvalue weighted by molar-refractivity contribution is 6.37. The van der Waals surface area contributed by atoms with Gasteiger partial charge in [-0.25, -0.2) is 0 Å². The minimum absolute atomic E-state index is 0.00389. The number of halogens is 1. The maximum Gasteiger partial charge on any atom is 0.283 e. The van der Waals surface area contributed by atoms with Crippen LogP contribution in [0.2, 0.25) is 5.02 Å². The molecule has 1 aromatic rings. The second-order valence-electron chi connectivity index (χ2n) is 5.13. The largest absolute Gasteiger partial charge is 0.339 e. The predicted octanol–water partition coefficient (Wildman–Crippen LogP) is 1.07. The van der Waals surface area contributed by atoms with Crippen LogP contribution >= 0.6 is 11.6 Å². The number of fused-ring (bicyclic) bond motifs is 1. The van der Waals surface area contributed by atoms with Crippen LogP contribution in [0.15, 0.2) is 12.1 Å². The summed E-state index contributed by atoms with van der Waals surface area (Å²) in [5, 5.41) is 11.1. The van der Waals surface area contributed by atoms with E-state index in [1.807, 2.05) is 0 Å². The zero-order valence-corrected chi connectivity index (χ0v) is 12.2. The fourth-order valence-electron chi connectivity index (χ4n) is 2.68. The lowest BCUT2D eigenvalue weighted by Gasteiger charge is -2.42. The second-order valence-corrected chi connectivity index (χ2v) is 5.54. The number of likely N-dealkylation sites (tertiary alicyclic amines) is 1. The number of nitrogens with zero attached hydrogens (tertiary/aromatic N) is 3. The number of nitro groups is 1. The third-order valence-electron chi connectivity index (χ3n) is 3.87. The molecule has 0 unspecified atom stereocenters. The summed E-state index contributed by atoms with van der Waals surface area (Å²) in [6.45, 7) is 1.85. The predicted molar refractivity (Wildman–Crippen MR) is 74.6 cm³/mol. The molecule has 3 rings (SSSR count). The zero-order valence-electron chi connectivity index (χ0n) is 11.4. The number of benzene rings is 1. The number of carbonyl (C=O) groups excluding carboxylic acids is 3. The van der Waals surface area contributed by atoms with E-state index >= 15 is 0 Å². The standard InChI is InChI=1S/C13H10ClN3O5/c1-6(18)15-4-7(5-15)16-12(19)10-8(14)2-3-9(17(21)22)11(10)13(16)20/h2-3,7H,4-5H2,1H3. The van der Waals surface area contributed by atoms with Crippen molar-refractivity contribution in [2.45, 2.75) is 13.0 Å². The molecule has 0 aliphatic carbocycles. The molecule has 2 heterocycles. The molecule has 0 radical (unpaired) electrons. The molecule has 0 saturated carbocycles. The van der Waals surface area contributed by atoms with Crippen molar-refractivity contribution in [3.05, 3.63) is 38.4 Å². The topological polar surface area (TPSA) is 101 Å². The Hall–Kier alpha value is -2.48. The van der Waals surface area contributed by atoms with Crippen LogP contribution in [0.25, 0.3) is 0 Å². The van der Waals surface area contributed by atoms with E-state index in [9.17, 15) is 24.5 Å². The minimum Gasteiger partial charge on any atom is -0.339 e. The number of nitro benzene ring substituents is 1. The van der Waals surface area contributed by atoms with Crippen molar-refractivity contribution in [3.8, 4) is 0 Å². The van der Waals surface area contributed by atoms with Gasteiger partial charge in [0.25, 0.3) is 17.5 Å². The Morgan fingerprint density at radius 1 is 1.27 bits per heavy atom. The normalized spacial score (nSPS) is 17.5. The molecule has 8 nitrogen and oxygen atoms in total. The van der Waals surface area contributed by atoms with Crippen LogP contribution in [-0.4, -0.2) is 51.6 Å². The van der Waals surface area contributed by atoms with Gasteiger partial charge in [0.05, 0.1) is 21.6 Å². The van der Waals surface area contributed by atoms with E-state index in [4.69, 9.17) is 11.6 Å². The summed E-state index contributed by atoms with van der Waals surface area (Å²) >= 11 is 5.93. The lowest BCUT2D eigenvalue weighted by Crippen LogP contribution is -2.61. The molecule has 0 spiro atoms. The highest BCUT2D eigenvalue weighted by atomic mass is 35.5. The molecule has 0 atom stereocenters. The molecular weight excluding hydrogens is 314 g/mol. The van der Waals surface area contributed by atoms with Crippen LogP contribution in [0.1, 0.15) is 27.6 Å². The van der Waals surface area contributed by atoms with Gasteiger partial charge in [0.2, 0.25) is 5.91 Å². The molecule has 0 aromatic heterocycles. The summed E-state index contributed by atoms with van der Waals surface area (Å²) in [6, 6.07) is 1.86. The Balaban J connectivity index is 1.99. The lowest BCUT2D eigenvalue weighted by atomic mass is 10.1. The summed E-state index contributed by atoms with van der Waals surface area (Å²) in [5.74, 6) is -1.54. The van der Waals surface area contributed by atoms with Gasteiger partial charge in [-0.15, -0.1) is 0 Å². The summed E-state index contributed by atoms with van der Waals surface area (Å²) < 4.78 is 0. The molecule has 1 fully saturated rings. The number of rotatable bonds is 2. The van der Waals surface area contributed by atoms with Gasteiger partial charge in [0.15, 0.2) is 0 Å². The van der Waals surface area contributed by atoms with Crippen molar-refractivity contribution in [2.75, 3.05) is 13.1 Å². The first kappa shape index (κ1) is 14.5. The van der Waals surface area contributed by atoms with E-state index in [-0.39, 0.29) is 35.1 Å². The van der Waals surface area contributed by atoms with Gasteiger partial charge in [-0.2, -0.15) is 0 Å². The van der Waals surface area contributed by atoms with Gasteiger partial charge in [-0.05, 0) is 6.07 Å². The Morgan fingerprint density at radius 2 is 1.86 bits per heavy atom. The number of carbonyl (C=O) groups is 3. The molecule has 9 heteroatoms. The molecule has 1 saturated heterocycles. The van der Waals surface area contributed by atoms with E-state index in [1.54, 1.807) is 0 Å². The molecule has 0 N–H and O–H groups in total. The van der Waals surface area contributed by atoms with Crippen LogP contribution in [-0.2, 0) is 4.79 Å². The Bertz CT molecular complexity index is 741. The molecule has 1 aromatic carbocycles. The first-order valence-electron chi connectivity index (χ1n) is 6.43. The maximum absolute atomic E-state index is 12.4. The summed E-state index contributed by atoms with van der Waals surface area (Å²) in [4.78, 5) is 48.8. The quantitative estimate of drug-likeness (QED) is 0.460. The first-order chi connectivity index (χ1) is 10.3. The average molecular weight is 324 g/mol. The monoisotopic (exact) mass is 323 g/mol. The summed E-state index contributed by atoms with van der Waals surface area (Å²) in [7, 11) is 0. The van der Waals surface area contributed by atoms with Crippen molar-refractivity contribution >= 4 is 35.0 Å². The van der Waals surface area contributed by atoms with Gasteiger partial charge in [0.1, 0.15) is 5.56 Å². The van der Waals surface area contributed by atoms with Crippen LogP contribution in [0.3, 0.4) is 0 Å². The van der Waals surface area contributed by atoms with E-state index in [2.05, 4.69) is 0 Å². The lowest BCUT2D eigenvalue weighted by molar-refractivity contribution is -0.385. The third kappa shape index (κ3) is 1.87. The zero-order chi connectivity index (χ0) is 16.2. The molecule has 0 bridgehead atoms. The SMILES string of the molecule is CC(=O)N1CC(N2C(=O)c3c(Cl)ccc([N+](=O)[O-])c3C2=O)C1. The van der Waals surface area contributed by atoms with Crippen molar-refractivity contribution in [1.29, 1.82) is 0 Å². The van der Waals surface area contributed by atoms with E-state index in [1.165, 1.54) is 17.9 Å². The number of hydrogen-bond donors (Lipinski definition) is 0. The van der Waals surface area contributed by atoms with Gasteiger partial charge >= 0.3 is 0 Å². The number of hydrogen-bond acceptors (Lipinski definition) is 5. The summed E-state index contributed by atoms with van der Waals surface area (Å²) in [6.07, 6.45) is 0. The Morgan fingerprint density at radius 3 is 2.41 bits per heavy atom. The second kappa shape index (κ2) is 4.77. The fourth-order valence-corrected chi connectivity index (χ4v) is 2.92. The number of imide groups is 1. The first-order valence-corrected chi connectivity index (χ1v) is 6.81. The minimum atomic E-state index is -0.734. The highest BCUT2D eigenvalue weighted by Crippen LogP contribution is 2.37. The van der Waals surface area contributed by atoms with E-state index < -0.39 is 28.5 Å². The van der Waals surface area contributed by atoms with Crippen LogP contribution in [0, 0.1) is 10.1 Å².